The minimum Gasteiger partial charge on any atom is -0.329 e. The highest BCUT2D eigenvalue weighted by molar-refractivity contribution is 5.76. The molecule has 2 heterocycles. The van der Waals surface area contributed by atoms with E-state index in [1.54, 1.807) is 0 Å². The highest BCUT2D eigenvalue weighted by Crippen LogP contribution is 2.31. The second-order valence-corrected chi connectivity index (χ2v) is 4.14. The van der Waals surface area contributed by atoms with Crippen LogP contribution < -0.4 is 5.32 Å². The maximum atomic E-state index is 11.9. The SMILES string of the molecule is O=C(NCC(F)(F)F)N1C2C=CCC1CC2. The number of alkyl halides is 3. The standard InChI is InChI=1S/C10H13F3N2O/c11-10(12,13)6-14-9(16)15-7-2-1-3-8(15)5-4-7/h1-2,7-8H,3-6H2,(H,14,16). The van der Waals surface area contributed by atoms with Crippen molar-refractivity contribution in [3.05, 3.63) is 12.2 Å². The molecule has 2 aliphatic rings. The highest BCUT2D eigenvalue weighted by Gasteiger charge is 2.38. The van der Waals surface area contributed by atoms with Crippen LogP contribution in [0.3, 0.4) is 0 Å². The Morgan fingerprint density at radius 1 is 1.44 bits per heavy atom. The van der Waals surface area contributed by atoms with E-state index in [0.717, 1.165) is 19.3 Å². The number of amides is 2. The van der Waals surface area contributed by atoms with E-state index in [1.807, 2.05) is 17.5 Å². The van der Waals surface area contributed by atoms with Crippen LogP contribution in [0.25, 0.3) is 0 Å². The van der Waals surface area contributed by atoms with Gasteiger partial charge in [-0.2, -0.15) is 13.2 Å². The van der Waals surface area contributed by atoms with Gasteiger partial charge in [-0.15, -0.1) is 0 Å². The van der Waals surface area contributed by atoms with Gasteiger partial charge in [0.25, 0.3) is 0 Å². The first-order chi connectivity index (χ1) is 7.47. The third-order valence-corrected chi connectivity index (χ3v) is 2.99. The van der Waals surface area contributed by atoms with Crippen LogP contribution >= 0.6 is 0 Å². The van der Waals surface area contributed by atoms with Gasteiger partial charge in [-0.3, -0.25) is 0 Å². The van der Waals surface area contributed by atoms with Crippen LogP contribution in [-0.2, 0) is 0 Å². The number of nitrogens with one attached hydrogen (secondary N) is 1. The molecule has 0 spiro atoms. The zero-order valence-electron chi connectivity index (χ0n) is 8.63. The van der Waals surface area contributed by atoms with Gasteiger partial charge in [-0.1, -0.05) is 12.2 Å². The van der Waals surface area contributed by atoms with E-state index in [1.165, 1.54) is 4.90 Å². The van der Waals surface area contributed by atoms with Crippen molar-refractivity contribution in [3.63, 3.8) is 0 Å². The molecule has 2 rings (SSSR count). The summed E-state index contributed by atoms with van der Waals surface area (Å²) in [6.07, 6.45) is 2.01. The lowest BCUT2D eigenvalue weighted by Crippen LogP contribution is -2.49. The Labute approximate surface area is 91.3 Å². The van der Waals surface area contributed by atoms with Crippen molar-refractivity contribution in [2.75, 3.05) is 6.54 Å². The van der Waals surface area contributed by atoms with E-state index >= 15 is 0 Å². The smallest absolute Gasteiger partial charge is 0.329 e. The summed E-state index contributed by atoms with van der Waals surface area (Å²) in [6, 6.07) is -0.551. The molecular weight excluding hydrogens is 221 g/mol. The molecule has 0 radical (unpaired) electrons. The van der Waals surface area contributed by atoms with Crippen LogP contribution in [0.4, 0.5) is 18.0 Å². The van der Waals surface area contributed by atoms with Crippen molar-refractivity contribution >= 4 is 6.03 Å². The first kappa shape index (κ1) is 11.3. The van der Waals surface area contributed by atoms with E-state index in [4.69, 9.17) is 0 Å². The van der Waals surface area contributed by atoms with Gasteiger partial charge >= 0.3 is 12.2 Å². The summed E-state index contributed by atoms with van der Waals surface area (Å²) in [5.41, 5.74) is 0. The average Bonchev–Trinajstić information content (AvgIpc) is 2.44. The van der Waals surface area contributed by atoms with Gasteiger partial charge in [0, 0.05) is 6.04 Å². The van der Waals surface area contributed by atoms with E-state index < -0.39 is 18.8 Å². The summed E-state index contributed by atoms with van der Waals surface area (Å²) in [5, 5.41) is 1.92. The Bertz CT molecular complexity index is 314. The fraction of sp³-hybridized carbons (Fsp3) is 0.700. The van der Waals surface area contributed by atoms with Crippen molar-refractivity contribution in [2.24, 2.45) is 0 Å². The highest BCUT2D eigenvalue weighted by atomic mass is 19.4. The normalized spacial score (nSPS) is 28.3. The molecule has 3 nitrogen and oxygen atoms in total. The molecule has 90 valence electrons. The van der Waals surface area contributed by atoms with Crippen LogP contribution in [0.15, 0.2) is 12.2 Å². The van der Waals surface area contributed by atoms with Gasteiger partial charge < -0.3 is 10.2 Å². The monoisotopic (exact) mass is 234 g/mol. The molecule has 0 aliphatic carbocycles. The van der Waals surface area contributed by atoms with E-state index in [2.05, 4.69) is 0 Å². The number of urea groups is 1. The Kier molecular flexibility index (Phi) is 2.82. The quantitative estimate of drug-likeness (QED) is 0.692. The molecule has 0 saturated carbocycles. The van der Waals surface area contributed by atoms with Gasteiger partial charge in [0.1, 0.15) is 6.54 Å². The van der Waals surface area contributed by atoms with Crippen molar-refractivity contribution in [3.8, 4) is 0 Å². The predicted molar refractivity (Wildman–Crippen MR) is 51.9 cm³/mol. The number of nitrogens with zero attached hydrogens (tertiary/aromatic N) is 1. The minimum atomic E-state index is -4.35. The number of hydrogen-bond donors (Lipinski definition) is 1. The van der Waals surface area contributed by atoms with Gasteiger partial charge in [0.05, 0.1) is 6.04 Å². The largest absolute Gasteiger partial charge is 0.405 e. The first-order valence-electron chi connectivity index (χ1n) is 5.27. The Morgan fingerprint density at radius 2 is 2.19 bits per heavy atom. The number of carbonyl (C=O) groups excluding carboxylic acids is 1. The Morgan fingerprint density at radius 3 is 2.81 bits per heavy atom. The third-order valence-electron chi connectivity index (χ3n) is 2.99. The van der Waals surface area contributed by atoms with E-state index in [-0.39, 0.29) is 12.1 Å². The van der Waals surface area contributed by atoms with Crippen LogP contribution in [0.5, 0.6) is 0 Å². The molecule has 1 saturated heterocycles. The molecule has 1 N–H and O–H groups in total. The zero-order chi connectivity index (χ0) is 11.8. The van der Waals surface area contributed by atoms with Gasteiger partial charge in [-0.25, -0.2) is 4.79 Å². The average molecular weight is 234 g/mol. The topological polar surface area (TPSA) is 32.3 Å². The Balaban J connectivity index is 1.93. The van der Waals surface area contributed by atoms with Gasteiger partial charge in [-0.05, 0) is 19.3 Å². The molecule has 16 heavy (non-hydrogen) atoms. The molecule has 6 heteroatoms. The number of carbonyl (C=O) groups is 1. The molecule has 2 atom stereocenters. The second kappa shape index (κ2) is 3.99. The lowest BCUT2D eigenvalue weighted by Gasteiger charge is -2.31. The summed E-state index contributed by atoms with van der Waals surface area (Å²) in [5.74, 6) is 0. The van der Waals surface area contributed by atoms with Gasteiger partial charge in [0.2, 0.25) is 0 Å². The molecule has 0 aromatic carbocycles. The maximum absolute atomic E-state index is 11.9. The lowest BCUT2D eigenvalue weighted by atomic mass is 10.1. The fourth-order valence-corrected chi connectivity index (χ4v) is 2.31. The molecule has 2 aliphatic heterocycles. The maximum Gasteiger partial charge on any atom is 0.405 e. The van der Waals surface area contributed by atoms with E-state index in [0.29, 0.717) is 0 Å². The van der Waals surface area contributed by atoms with E-state index in [9.17, 15) is 18.0 Å². The lowest BCUT2D eigenvalue weighted by molar-refractivity contribution is -0.123. The number of halogens is 3. The molecule has 2 amide bonds. The third kappa shape index (κ3) is 2.31. The van der Waals surface area contributed by atoms with Crippen LogP contribution in [0, 0.1) is 0 Å². The zero-order valence-corrected chi connectivity index (χ0v) is 8.63. The van der Waals surface area contributed by atoms with Crippen LogP contribution in [-0.4, -0.2) is 35.7 Å². The van der Waals surface area contributed by atoms with Crippen molar-refractivity contribution < 1.29 is 18.0 Å². The minimum absolute atomic E-state index is 0.0213. The van der Waals surface area contributed by atoms with Crippen molar-refractivity contribution in [1.82, 2.24) is 10.2 Å². The number of hydrogen-bond acceptors (Lipinski definition) is 1. The molecule has 2 bridgehead atoms. The molecular formula is C10H13F3N2O. The van der Waals surface area contributed by atoms with Crippen LogP contribution in [0.1, 0.15) is 19.3 Å². The summed E-state index contributed by atoms with van der Waals surface area (Å²) >= 11 is 0. The molecule has 0 aromatic rings. The van der Waals surface area contributed by atoms with Gasteiger partial charge in [0.15, 0.2) is 0 Å². The summed E-state index contributed by atoms with van der Waals surface area (Å²) < 4.78 is 35.8. The van der Waals surface area contributed by atoms with Crippen molar-refractivity contribution in [1.29, 1.82) is 0 Å². The van der Waals surface area contributed by atoms with Crippen molar-refractivity contribution in [2.45, 2.75) is 37.5 Å². The first-order valence-corrected chi connectivity index (χ1v) is 5.27. The molecule has 2 unspecified atom stereocenters. The summed E-state index contributed by atoms with van der Waals surface area (Å²) in [4.78, 5) is 13.1. The summed E-state index contributed by atoms with van der Waals surface area (Å²) in [7, 11) is 0. The van der Waals surface area contributed by atoms with Crippen LogP contribution in [0.2, 0.25) is 0 Å². The summed E-state index contributed by atoms with van der Waals surface area (Å²) in [6.45, 7) is -1.26. The number of fused-ring (bicyclic) bond motifs is 2. The predicted octanol–water partition coefficient (Wildman–Crippen LogP) is 2.05. The second-order valence-electron chi connectivity index (χ2n) is 4.14. The number of rotatable bonds is 1. The fourth-order valence-electron chi connectivity index (χ4n) is 2.31. The molecule has 0 aromatic heterocycles. The molecule has 1 fully saturated rings. The Hall–Kier alpha value is -1.20.